The second-order valence-electron chi connectivity index (χ2n) is 7.15. The summed E-state index contributed by atoms with van der Waals surface area (Å²) < 4.78 is 12.5. The van der Waals surface area contributed by atoms with Crippen molar-refractivity contribution in [1.29, 1.82) is 0 Å². The highest BCUT2D eigenvalue weighted by molar-refractivity contribution is 8.00. The lowest BCUT2D eigenvalue weighted by atomic mass is 10.2. The number of para-hydroxylation sites is 1. The van der Waals surface area contributed by atoms with Gasteiger partial charge in [0.1, 0.15) is 24.1 Å². The Hall–Kier alpha value is -2.52. The van der Waals surface area contributed by atoms with E-state index >= 15 is 0 Å². The van der Waals surface area contributed by atoms with Crippen LogP contribution in [-0.2, 0) is 14.3 Å². The summed E-state index contributed by atoms with van der Waals surface area (Å²) >= 11 is 1.51. The number of unbranched alkanes of at least 4 members (excludes halogenated alkanes) is 2. The summed E-state index contributed by atoms with van der Waals surface area (Å²) in [6.45, 7) is 1.13. The van der Waals surface area contributed by atoms with Gasteiger partial charge in [-0.25, -0.2) is 4.79 Å². The number of thioether (sulfide) groups is 1. The molecule has 2 N–H and O–H groups in total. The largest absolute Gasteiger partial charge is 0.462 e. The zero-order chi connectivity index (χ0) is 21.3. The van der Waals surface area contributed by atoms with Crippen LogP contribution in [0.2, 0.25) is 0 Å². The van der Waals surface area contributed by atoms with Crippen molar-refractivity contribution >= 4 is 29.2 Å². The van der Waals surface area contributed by atoms with E-state index in [-0.39, 0.29) is 23.8 Å². The van der Waals surface area contributed by atoms with Gasteiger partial charge in [0.15, 0.2) is 0 Å². The molecule has 2 aromatic rings. The van der Waals surface area contributed by atoms with Crippen LogP contribution in [0, 0.1) is 0 Å². The van der Waals surface area contributed by atoms with Crippen LogP contribution in [0.3, 0.4) is 0 Å². The Morgan fingerprint density at radius 1 is 1.30 bits per heavy atom. The highest BCUT2D eigenvalue weighted by Crippen LogP contribution is 2.31. The monoisotopic (exact) mass is 432 g/mol. The molecule has 3 rings (SSSR count). The van der Waals surface area contributed by atoms with E-state index in [4.69, 9.17) is 15.2 Å². The van der Waals surface area contributed by atoms with Gasteiger partial charge in [-0.15, -0.1) is 11.8 Å². The van der Waals surface area contributed by atoms with Crippen LogP contribution in [0.25, 0.3) is 0 Å². The second-order valence-corrected chi connectivity index (χ2v) is 8.34. The number of aromatic nitrogens is 2. The van der Waals surface area contributed by atoms with Gasteiger partial charge in [-0.3, -0.25) is 9.36 Å². The number of carbonyl (C=O) groups is 1. The predicted molar refractivity (Wildman–Crippen MR) is 118 cm³/mol. The first-order valence-corrected chi connectivity index (χ1v) is 11.1. The fourth-order valence-electron chi connectivity index (χ4n) is 3.16. The van der Waals surface area contributed by atoms with Gasteiger partial charge >= 0.3 is 11.7 Å². The summed E-state index contributed by atoms with van der Waals surface area (Å²) in [5.74, 6) is 0.548. The van der Waals surface area contributed by atoms with Crippen LogP contribution >= 0.6 is 11.8 Å². The molecule has 2 heterocycles. The molecule has 1 saturated heterocycles. The van der Waals surface area contributed by atoms with Crippen molar-refractivity contribution in [3.8, 4) is 0 Å². The van der Waals surface area contributed by atoms with Crippen molar-refractivity contribution in [2.75, 3.05) is 36.6 Å². The molecular formula is C21H28N4O4S. The lowest BCUT2D eigenvalue weighted by molar-refractivity contribution is -0.147. The van der Waals surface area contributed by atoms with Crippen molar-refractivity contribution in [1.82, 2.24) is 9.55 Å². The van der Waals surface area contributed by atoms with Crippen LogP contribution in [0.1, 0.15) is 31.9 Å². The maximum absolute atomic E-state index is 12.0. The molecule has 30 heavy (non-hydrogen) atoms. The van der Waals surface area contributed by atoms with Gasteiger partial charge in [0.25, 0.3) is 0 Å². The van der Waals surface area contributed by atoms with E-state index in [9.17, 15) is 9.59 Å². The molecular weight excluding hydrogens is 404 g/mol. The van der Waals surface area contributed by atoms with Crippen molar-refractivity contribution in [2.24, 2.45) is 0 Å². The molecule has 162 valence electrons. The molecule has 0 spiro atoms. The zero-order valence-electron chi connectivity index (χ0n) is 17.1. The number of carbonyl (C=O) groups excluding carboxylic acids is 1. The van der Waals surface area contributed by atoms with Crippen molar-refractivity contribution < 1.29 is 14.3 Å². The van der Waals surface area contributed by atoms with E-state index < -0.39 is 11.9 Å². The highest BCUT2D eigenvalue weighted by Gasteiger charge is 2.29. The quantitative estimate of drug-likeness (QED) is 0.452. The summed E-state index contributed by atoms with van der Waals surface area (Å²) in [7, 11) is 2.07. The highest BCUT2D eigenvalue weighted by atomic mass is 32.2. The first kappa shape index (κ1) is 22.2. The van der Waals surface area contributed by atoms with E-state index in [1.54, 1.807) is 12.3 Å². The number of nitrogen functional groups attached to an aromatic ring is 1. The average Bonchev–Trinajstić information content (AvgIpc) is 3.21. The summed E-state index contributed by atoms with van der Waals surface area (Å²) in [4.78, 5) is 29.8. The Labute approximate surface area is 180 Å². The molecule has 2 atom stereocenters. The molecule has 0 aliphatic carbocycles. The van der Waals surface area contributed by atoms with Crippen LogP contribution in [0.5, 0.6) is 0 Å². The summed E-state index contributed by atoms with van der Waals surface area (Å²) in [6, 6.07) is 11.8. The molecule has 0 radical (unpaired) electrons. The van der Waals surface area contributed by atoms with Crippen LogP contribution in [0.4, 0.5) is 11.5 Å². The second kappa shape index (κ2) is 11.0. The van der Waals surface area contributed by atoms with E-state index in [1.807, 2.05) is 18.2 Å². The molecule has 1 fully saturated rings. The SMILES string of the molecule is CN(CCCCCC(=O)OCC1OC(n2ccc(N)nc2=O)CS1)c1ccccc1. The molecule has 0 saturated carbocycles. The molecule has 2 unspecified atom stereocenters. The van der Waals surface area contributed by atoms with Gasteiger partial charge in [-0.05, 0) is 31.0 Å². The molecule has 1 aliphatic rings. The fraction of sp³-hybridized carbons (Fsp3) is 0.476. The number of benzene rings is 1. The standard InChI is InChI=1S/C21H28N4O4S/c1-24(16-8-4-2-5-9-16)12-7-3-6-10-19(26)28-14-20-29-18(15-30-20)25-13-11-17(22)23-21(25)27/h2,4-5,8-9,11,13,18,20H,3,6-7,10,12,14-15H2,1H3,(H2,22,23,27). The smallest absolute Gasteiger partial charge is 0.351 e. The molecule has 0 amide bonds. The van der Waals surface area contributed by atoms with Crippen molar-refractivity contribution in [3.63, 3.8) is 0 Å². The number of rotatable bonds is 10. The fourth-order valence-corrected chi connectivity index (χ4v) is 4.15. The Morgan fingerprint density at radius 2 is 2.10 bits per heavy atom. The number of nitrogens with zero attached hydrogens (tertiary/aromatic N) is 3. The third kappa shape index (κ3) is 6.50. The molecule has 0 bridgehead atoms. The molecule has 1 aliphatic heterocycles. The lowest BCUT2D eigenvalue weighted by Crippen LogP contribution is -2.29. The van der Waals surface area contributed by atoms with E-state index in [2.05, 4.69) is 29.1 Å². The Morgan fingerprint density at radius 3 is 2.87 bits per heavy atom. The summed E-state index contributed by atoms with van der Waals surface area (Å²) in [6.07, 6.45) is 4.33. The Kier molecular flexibility index (Phi) is 8.15. The summed E-state index contributed by atoms with van der Waals surface area (Å²) in [5, 5.41) is 0. The number of ether oxygens (including phenoxy) is 2. The van der Waals surface area contributed by atoms with E-state index in [0.29, 0.717) is 12.2 Å². The third-order valence-electron chi connectivity index (χ3n) is 4.85. The molecule has 8 nitrogen and oxygen atoms in total. The molecule has 1 aromatic carbocycles. The minimum Gasteiger partial charge on any atom is -0.462 e. The number of anilines is 2. The number of esters is 1. The predicted octanol–water partition coefficient (Wildman–Crippen LogP) is 2.65. The number of hydrogen-bond donors (Lipinski definition) is 1. The third-order valence-corrected chi connectivity index (χ3v) is 5.94. The topological polar surface area (TPSA) is 99.7 Å². The van der Waals surface area contributed by atoms with Crippen LogP contribution in [-0.4, -0.2) is 46.9 Å². The number of nitrogens with two attached hydrogens (primary N) is 1. The lowest BCUT2D eigenvalue weighted by Gasteiger charge is -2.18. The van der Waals surface area contributed by atoms with Gasteiger partial charge < -0.3 is 20.1 Å². The van der Waals surface area contributed by atoms with E-state index in [0.717, 1.165) is 25.8 Å². The van der Waals surface area contributed by atoms with Gasteiger partial charge in [-0.2, -0.15) is 4.98 Å². The van der Waals surface area contributed by atoms with Gasteiger partial charge in [-0.1, -0.05) is 24.6 Å². The van der Waals surface area contributed by atoms with Crippen molar-refractivity contribution in [2.45, 2.75) is 37.3 Å². The maximum atomic E-state index is 12.0. The Bertz CT molecular complexity index is 877. The van der Waals surface area contributed by atoms with Crippen LogP contribution < -0.4 is 16.3 Å². The minimum atomic E-state index is -0.448. The maximum Gasteiger partial charge on any atom is 0.351 e. The number of hydrogen-bond acceptors (Lipinski definition) is 8. The molecule has 1 aromatic heterocycles. The first-order valence-electron chi connectivity index (χ1n) is 10.1. The van der Waals surface area contributed by atoms with Gasteiger partial charge in [0, 0.05) is 37.7 Å². The average molecular weight is 433 g/mol. The van der Waals surface area contributed by atoms with Crippen molar-refractivity contribution in [3.05, 3.63) is 53.1 Å². The Balaban J connectivity index is 1.28. The zero-order valence-corrected chi connectivity index (χ0v) is 17.9. The van der Waals surface area contributed by atoms with Gasteiger partial charge in [0.2, 0.25) is 0 Å². The van der Waals surface area contributed by atoms with Gasteiger partial charge in [0.05, 0.1) is 0 Å². The minimum absolute atomic E-state index is 0.175. The first-order chi connectivity index (χ1) is 14.5. The molecule has 9 heteroatoms. The van der Waals surface area contributed by atoms with Crippen LogP contribution in [0.15, 0.2) is 47.4 Å². The summed E-state index contributed by atoms with van der Waals surface area (Å²) in [5.41, 5.74) is 5.96. The van der Waals surface area contributed by atoms with E-state index in [1.165, 1.54) is 22.0 Å². The normalized spacial score (nSPS) is 18.3.